The lowest BCUT2D eigenvalue weighted by molar-refractivity contribution is -0.138. The number of nitrogens with zero attached hydrogens (tertiary/aromatic N) is 1. The molecule has 0 fully saturated rings. The van der Waals surface area contributed by atoms with E-state index < -0.39 is 41.2 Å². The number of hydrogen-bond donors (Lipinski definition) is 1. The van der Waals surface area contributed by atoms with Gasteiger partial charge < -0.3 is 10.5 Å². The smallest absolute Gasteiger partial charge is 0.417 e. The van der Waals surface area contributed by atoms with Gasteiger partial charge in [-0.3, -0.25) is 4.79 Å². The number of carbonyl (C=O) groups excluding carboxylic acids is 2. The van der Waals surface area contributed by atoms with Crippen molar-refractivity contribution >= 4 is 11.8 Å². The molecule has 22 heavy (non-hydrogen) atoms. The Morgan fingerprint density at radius 1 is 1.32 bits per heavy atom. The van der Waals surface area contributed by atoms with Crippen LogP contribution in [0.2, 0.25) is 0 Å². The van der Waals surface area contributed by atoms with E-state index in [1.807, 2.05) is 0 Å². The summed E-state index contributed by atoms with van der Waals surface area (Å²) in [4.78, 5) is 23.3. The minimum absolute atomic E-state index is 0.0701. The van der Waals surface area contributed by atoms with Crippen LogP contribution in [-0.2, 0) is 15.7 Å². The zero-order valence-corrected chi connectivity index (χ0v) is 11.4. The highest BCUT2D eigenvalue weighted by molar-refractivity contribution is 6.02. The number of halogens is 3. The molecule has 0 saturated heterocycles. The Morgan fingerprint density at radius 2 is 1.91 bits per heavy atom. The van der Waals surface area contributed by atoms with Gasteiger partial charge in [-0.15, -0.1) is 0 Å². The van der Waals surface area contributed by atoms with Gasteiger partial charge in [0.2, 0.25) is 5.78 Å². The van der Waals surface area contributed by atoms with E-state index in [4.69, 9.17) is 11.0 Å². The fourth-order valence-electron chi connectivity index (χ4n) is 1.56. The summed E-state index contributed by atoms with van der Waals surface area (Å²) in [6.07, 6.45) is -4.73. The Balaban J connectivity index is 2.91. The summed E-state index contributed by atoms with van der Waals surface area (Å²) in [5.74, 6) is -2.20. The lowest BCUT2D eigenvalue weighted by atomic mass is 10.1. The van der Waals surface area contributed by atoms with Crippen LogP contribution in [0.4, 0.5) is 13.2 Å². The Kier molecular flexibility index (Phi) is 5.29. The van der Waals surface area contributed by atoms with Crippen molar-refractivity contribution in [2.45, 2.75) is 13.1 Å². The molecule has 0 spiro atoms. The van der Waals surface area contributed by atoms with Crippen molar-refractivity contribution in [3.8, 4) is 6.07 Å². The van der Waals surface area contributed by atoms with Gasteiger partial charge >= 0.3 is 12.1 Å². The van der Waals surface area contributed by atoms with Crippen molar-refractivity contribution in [3.05, 3.63) is 46.7 Å². The Hall–Kier alpha value is -2.82. The molecule has 0 heterocycles. The second-order valence-corrected chi connectivity index (χ2v) is 4.21. The molecular weight excluding hydrogens is 301 g/mol. The number of Topliss-reactive ketones (excluding diaryl/α,β-unsaturated/α-hetero) is 1. The van der Waals surface area contributed by atoms with Crippen molar-refractivity contribution < 1.29 is 27.5 Å². The fraction of sp³-hybridized carbons (Fsp3) is 0.214. The van der Waals surface area contributed by atoms with E-state index in [9.17, 15) is 22.8 Å². The normalized spacial score (nSPS) is 12.1. The molecule has 5 nitrogen and oxygen atoms in total. The monoisotopic (exact) mass is 312 g/mol. The van der Waals surface area contributed by atoms with Crippen LogP contribution < -0.4 is 5.73 Å². The van der Waals surface area contributed by atoms with Crippen molar-refractivity contribution in [2.75, 3.05) is 6.61 Å². The molecule has 0 bridgehead atoms. The highest BCUT2D eigenvalue weighted by atomic mass is 19.4. The van der Waals surface area contributed by atoms with Crippen LogP contribution in [0.25, 0.3) is 0 Å². The zero-order chi connectivity index (χ0) is 16.9. The van der Waals surface area contributed by atoms with E-state index in [-0.39, 0.29) is 5.70 Å². The zero-order valence-electron chi connectivity index (χ0n) is 11.4. The number of benzene rings is 1. The van der Waals surface area contributed by atoms with Gasteiger partial charge in [0.05, 0.1) is 11.1 Å². The maximum absolute atomic E-state index is 12.8. The summed E-state index contributed by atoms with van der Waals surface area (Å²) in [5.41, 5.74) is 2.94. The first-order valence-electron chi connectivity index (χ1n) is 5.91. The molecule has 0 aliphatic heterocycles. The highest BCUT2D eigenvalue weighted by Crippen LogP contribution is 2.32. The Labute approximate surface area is 123 Å². The number of allylic oxidation sites excluding steroid dienone is 1. The molecule has 0 saturated carbocycles. The van der Waals surface area contributed by atoms with E-state index in [0.29, 0.717) is 0 Å². The van der Waals surface area contributed by atoms with Gasteiger partial charge in [0.15, 0.2) is 6.61 Å². The fourth-order valence-corrected chi connectivity index (χ4v) is 1.56. The molecule has 1 rings (SSSR count). The molecule has 0 atom stereocenters. The Morgan fingerprint density at radius 3 is 2.41 bits per heavy atom. The van der Waals surface area contributed by atoms with E-state index in [1.165, 1.54) is 19.1 Å². The number of ketones is 1. The van der Waals surface area contributed by atoms with Gasteiger partial charge in [-0.05, 0) is 19.1 Å². The lowest BCUT2D eigenvalue weighted by Crippen LogP contribution is -2.20. The van der Waals surface area contributed by atoms with Crippen molar-refractivity contribution in [1.82, 2.24) is 0 Å². The topological polar surface area (TPSA) is 93.2 Å². The van der Waals surface area contributed by atoms with Crippen LogP contribution >= 0.6 is 0 Å². The SMILES string of the molecule is C/C(N)=C(/C#N)C(=O)COC(=O)c1ccccc1C(F)(F)F. The summed E-state index contributed by atoms with van der Waals surface area (Å²) in [5, 5.41) is 8.70. The van der Waals surface area contributed by atoms with Gasteiger partial charge in [-0.2, -0.15) is 18.4 Å². The number of hydrogen-bond acceptors (Lipinski definition) is 5. The van der Waals surface area contributed by atoms with Crippen LogP contribution in [0.15, 0.2) is 35.5 Å². The molecular formula is C14H11F3N2O3. The van der Waals surface area contributed by atoms with E-state index in [0.717, 1.165) is 18.2 Å². The maximum atomic E-state index is 12.8. The number of rotatable bonds is 4. The van der Waals surface area contributed by atoms with Crippen LogP contribution in [0.1, 0.15) is 22.8 Å². The van der Waals surface area contributed by atoms with Crippen LogP contribution in [0.3, 0.4) is 0 Å². The number of ether oxygens (including phenoxy) is 1. The number of nitrogens with two attached hydrogens (primary N) is 1. The molecule has 0 radical (unpaired) electrons. The van der Waals surface area contributed by atoms with Crippen LogP contribution in [0.5, 0.6) is 0 Å². The maximum Gasteiger partial charge on any atom is 0.417 e. The predicted octanol–water partition coefficient (Wildman–Crippen LogP) is 2.19. The number of alkyl halides is 3. The molecule has 0 amide bonds. The molecule has 1 aromatic rings. The first kappa shape index (κ1) is 17.2. The lowest BCUT2D eigenvalue weighted by Gasteiger charge is -2.11. The summed E-state index contributed by atoms with van der Waals surface area (Å²) in [7, 11) is 0. The second-order valence-electron chi connectivity index (χ2n) is 4.21. The summed E-state index contributed by atoms with van der Waals surface area (Å²) < 4.78 is 42.8. The van der Waals surface area contributed by atoms with Crippen molar-refractivity contribution in [3.63, 3.8) is 0 Å². The third-order valence-corrected chi connectivity index (χ3v) is 2.57. The Bertz CT molecular complexity index is 669. The average molecular weight is 312 g/mol. The summed E-state index contributed by atoms with van der Waals surface area (Å²) >= 11 is 0. The largest absolute Gasteiger partial charge is 0.454 e. The van der Waals surface area contributed by atoms with Gasteiger partial charge in [0.25, 0.3) is 0 Å². The van der Waals surface area contributed by atoms with Gasteiger partial charge in [-0.1, -0.05) is 12.1 Å². The molecule has 0 aliphatic carbocycles. The first-order valence-corrected chi connectivity index (χ1v) is 5.91. The third kappa shape index (κ3) is 4.09. The van der Waals surface area contributed by atoms with Crippen molar-refractivity contribution in [2.24, 2.45) is 5.73 Å². The molecule has 1 aromatic carbocycles. The van der Waals surface area contributed by atoms with E-state index >= 15 is 0 Å². The number of nitriles is 1. The molecule has 0 aromatic heterocycles. The average Bonchev–Trinajstić information content (AvgIpc) is 2.44. The van der Waals surface area contributed by atoms with E-state index in [1.54, 1.807) is 0 Å². The predicted molar refractivity (Wildman–Crippen MR) is 69.2 cm³/mol. The second kappa shape index (κ2) is 6.76. The molecule has 8 heteroatoms. The molecule has 0 unspecified atom stereocenters. The summed E-state index contributed by atoms with van der Waals surface area (Å²) in [6.45, 7) is 0.430. The molecule has 116 valence electrons. The number of esters is 1. The van der Waals surface area contributed by atoms with Gasteiger partial charge in [0, 0.05) is 5.70 Å². The number of carbonyl (C=O) groups is 2. The van der Waals surface area contributed by atoms with Crippen LogP contribution in [-0.4, -0.2) is 18.4 Å². The van der Waals surface area contributed by atoms with Crippen molar-refractivity contribution in [1.29, 1.82) is 5.26 Å². The standard InChI is InChI=1S/C14H11F3N2O3/c1-8(19)10(6-18)12(20)7-22-13(21)9-4-2-3-5-11(9)14(15,16)17/h2-5H,7,19H2,1H3/b10-8+. The molecule has 2 N–H and O–H groups in total. The van der Waals surface area contributed by atoms with Crippen LogP contribution in [0, 0.1) is 11.3 Å². The molecule has 0 aliphatic rings. The van der Waals surface area contributed by atoms with E-state index in [2.05, 4.69) is 4.74 Å². The summed E-state index contributed by atoms with van der Waals surface area (Å²) in [6, 6.07) is 5.55. The minimum Gasteiger partial charge on any atom is -0.454 e. The third-order valence-electron chi connectivity index (χ3n) is 2.57. The first-order chi connectivity index (χ1) is 10.2. The highest BCUT2D eigenvalue weighted by Gasteiger charge is 2.35. The van der Waals surface area contributed by atoms with Gasteiger partial charge in [-0.25, -0.2) is 4.79 Å². The van der Waals surface area contributed by atoms with Gasteiger partial charge in [0.1, 0.15) is 11.6 Å². The quantitative estimate of drug-likeness (QED) is 0.522. The minimum atomic E-state index is -4.73.